The zero-order valence-corrected chi connectivity index (χ0v) is 6.48. The molecule has 60 valence electrons. The highest BCUT2D eigenvalue weighted by Crippen LogP contribution is 1.83. The molecule has 0 aliphatic rings. The van der Waals surface area contributed by atoms with Crippen molar-refractivity contribution in [2.75, 3.05) is 6.54 Å². The van der Waals surface area contributed by atoms with E-state index in [1.165, 1.54) is 0 Å². The maximum Gasteiger partial charge on any atom is 0.313 e. The zero-order valence-electron chi connectivity index (χ0n) is 6.48. The van der Waals surface area contributed by atoms with Crippen LogP contribution in [0.15, 0.2) is 0 Å². The minimum absolute atomic E-state index is 0.0162. The maximum absolute atomic E-state index is 10.3. The van der Waals surface area contributed by atoms with Crippen LogP contribution in [0.4, 0.5) is 4.79 Å². The molecule has 2 amide bonds. The number of hydrogen-bond acceptors (Lipinski definition) is 2. The molecule has 0 aromatic heterocycles. The van der Waals surface area contributed by atoms with Gasteiger partial charge in [0.1, 0.15) is 0 Å². The molecule has 0 aliphatic carbocycles. The maximum atomic E-state index is 10.3. The van der Waals surface area contributed by atoms with E-state index in [1.54, 1.807) is 0 Å². The third kappa shape index (κ3) is 4.14. The first kappa shape index (κ1) is 9.23. The molecular weight excluding hydrogens is 130 g/mol. The largest absolute Gasteiger partial charge is 0.352 e. The molecule has 0 spiro atoms. The Morgan fingerprint density at radius 3 is 2.50 bits per heavy atom. The second kappa shape index (κ2) is 5.05. The standard InChI is InChI=1S/C6H15N3O/c1-3-5(8-4-2)9-6(7)10/h5,8H,3-4H2,1-2H3,(H3,7,9,10). The predicted octanol–water partition coefficient (Wildman–Crippen LogP) is 0.000300. The van der Waals surface area contributed by atoms with E-state index in [0.29, 0.717) is 0 Å². The average molecular weight is 145 g/mol. The van der Waals surface area contributed by atoms with Crippen molar-refractivity contribution in [3.8, 4) is 0 Å². The summed E-state index contributed by atoms with van der Waals surface area (Å²) in [6.07, 6.45) is 0.860. The molecule has 0 aromatic rings. The van der Waals surface area contributed by atoms with Gasteiger partial charge in [-0.1, -0.05) is 13.8 Å². The summed E-state index contributed by atoms with van der Waals surface area (Å²) >= 11 is 0. The molecule has 0 bridgehead atoms. The second-order valence-corrected chi connectivity index (χ2v) is 2.03. The van der Waals surface area contributed by atoms with Crippen LogP contribution in [-0.4, -0.2) is 18.7 Å². The van der Waals surface area contributed by atoms with Crippen molar-refractivity contribution < 1.29 is 4.79 Å². The van der Waals surface area contributed by atoms with Crippen LogP contribution in [-0.2, 0) is 0 Å². The number of amides is 2. The Bertz CT molecular complexity index is 105. The van der Waals surface area contributed by atoms with Gasteiger partial charge < -0.3 is 11.1 Å². The van der Waals surface area contributed by atoms with Gasteiger partial charge in [0.2, 0.25) is 0 Å². The highest BCUT2D eigenvalue weighted by Gasteiger charge is 2.03. The van der Waals surface area contributed by atoms with Gasteiger partial charge in [-0.3, -0.25) is 5.32 Å². The molecule has 4 heteroatoms. The lowest BCUT2D eigenvalue weighted by Gasteiger charge is -2.15. The fourth-order valence-corrected chi connectivity index (χ4v) is 0.716. The smallest absolute Gasteiger partial charge is 0.313 e. The molecule has 10 heavy (non-hydrogen) atoms. The van der Waals surface area contributed by atoms with Gasteiger partial charge >= 0.3 is 6.03 Å². The molecule has 0 aliphatic heterocycles. The summed E-state index contributed by atoms with van der Waals surface area (Å²) in [5.74, 6) is 0. The summed E-state index contributed by atoms with van der Waals surface area (Å²) < 4.78 is 0. The summed E-state index contributed by atoms with van der Waals surface area (Å²) in [7, 11) is 0. The van der Waals surface area contributed by atoms with Gasteiger partial charge in [0.15, 0.2) is 0 Å². The van der Waals surface area contributed by atoms with Gasteiger partial charge in [0, 0.05) is 0 Å². The van der Waals surface area contributed by atoms with E-state index >= 15 is 0 Å². The highest BCUT2D eigenvalue weighted by atomic mass is 16.2. The van der Waals surface area contributed by atoms with Gasteiger partial charge in [-0.25, -0.2) is 4.79 Å². The molecule has 0 fully saturated rings. The van der Waals surface area contributed by atoms with E-state index in [1.807, 2.05) is 13.8 Å². The van der Waals surface area contributed by atoms with Gasteiger partial charge in [-0.15, -0.1) is 0 Å². The van der Waals surface area contributed by atoms with Crippen molar-refractivity contribution in [3.63, 3.8) is 0 Å². The average Bonchev–Trinajstić information content (AvgIpc) is 1.86. The lowest BCUT2D eigenvalue weighted by Crippen LogP contribution is -2.47. The Balaban J connectivity index is 3.49. The van der Waals surface area contributed by atoms with Crippen LogP contribution in [0.3, 0.4) is 0 Å². The number of hydrogen-bond donors (Lipinski definition) is 3. The lowest BCUT2D eigenvalue weighted by molar-refractivity contribution is 0.242. The van der Waals surface area contributed by atoms with Crippen LogP contribution in [0.5, 0.6) is 0 Å². The molecule has 4 N–H and O–H groups in total. The molecule has 0 heterocycles. The van der Waals surface area contributed by atoms with Crippen LogP contribution in [0, 0.1) is 0 Å². The molecule has 0 saturated carbocycles. The second-order valence-electron chi connectivity index (χ2n) is 2.03. The van der Waals surface area contributed by atoms with E-state index in [-0.39, 0.29) is 6.17 Å². The molecule has 0 radical (unpaired) electrons. The Labute approximate surface area is 61.2 Å². The Morgan fingerprint density at radius 1 is 1.60 bits per heavy atom. The fourth-order valence-electron chi connectivity index (χ4n) is 0.716. The number of nitrogens with two attached hydrogens (primary N) is 1. The monoisotopic (exact) mass is 145 g/mol. The van der Waals surface area contributed by atoms with Crippen LogP contribution >= 0.6 is 0 Å². The molecule has 1 atom stereocenters. The van der Waals surface area contributed by atoms with Crippen LogP contribution in [0.2, 0.25) is 0 Å². The molecule has 0 rings (SSSR count). The summed E-state index contributed by atoms with van der Waals surface area (Å²) in [5.41, 5.74) is 4.91. The molecule has 1 unspecified atom stereocenters. The number of carbonyl (C=O) groups is 1. The number of carbonyl (C=O) groups excluding carboxylic acids is 1. The summed E-state index contributed by atoms with van der Waals surface area (Å²) in [6, 6.07) is -0.479. The van der Waals surface area contributed by atoms with Gasteiger partial charge in [-0.2, -0.15) is 0 Å². The van der Waals surface area contributed by atoms with Gasteiger partial charge in [0.25, 0.3) is 0 Å². The third-order valence-electron chi connectivity index (χ3n) is 1.18. The van der Waals surface area contributed by atoms with Crippen LogP contribution in [0.25, 0.3) is 0 Å². The van der Waals surface area contributed by atoms with Crippen LogP contribution < -0.4 is 16.4 Å². The van der Waals surface area contributed by atoms with Crippen molar-refractivity contribution in [2.24, 2.45) is 5.73 Å². The molecule has 0 saturated heterocycles. The normalized spacial score (nSPS) is 12.6. The van der Waals surface area contributed by atoms with Gasteiger partial charge in [-0.05, 0) is 13.0 Å². The number of rotatable bonds is 4. The minimum Gasteiger partial charge on any atom is -0.352 e. The summed E-state index contributed by atoms with van der Waals surface area (Å²) in [5, 5.41) is 5.61. The highest BCUT2D eigenvalue weighted by molar-refractivity contribution is 5.71. The lowest BCUT2D eigenvalue weighted by atomic mass is 10.4. The van der Waals surface area contributed by atoms with Crippen molar-refractivity contribution in [3.05, 3.63) is 0 Å². The predicted molar refractivity (Wildman–Crippen MR) is 40.5 cm³/mol. The van der Waals surface area contributed by atoms with E-state index in [9.17, 15) is 4.79 Å². The first-order valence-electron chi connectivity index (χ1n) is 3.50. The SMILES string of the molecule is CCNC(CC)NC(N)=O. The number of nitrogens with one attached hydrogen (secondary N) is 2. The summed E-state index contributed by atoms with van der Waals surface area (Å²) in [6.45, 7) is 4.79. The van der Waals surface area contributed by atoms with Crippen molar-refractivity contribution >= 4 is 6.03 Å². The Morgan fingerprint density at radius 2 is 2.20 bits per heavy atom. The van der Waals surface area contributed by atoms with Crippen molar-refractivity contribution in [2.45, 2.75) is 26.4 Å². The zero-order chi connectivity index (χ0) is 7.98. The van der Waals surface area contributed by atoms with Gasteiger partial charge in [0.05, 0.1) is 6.17 Å². The summed E-state index contributed by atoms with van der Waals surface area (Å²) in [4.78, 5) is 10.3. The topological polar surface area (TPSA) is 67.2 Å². The Hall–Kier alpha value is -0.770. The number of primary amides is 1. The van der Waals surface area contributed by atoms with Crippen molar-refractivity contribution in [1.29, 1.82) is 0 Å². The van der Waals surface area contributed by atoms with E-state index < -0.39 is 6.03 Å². The van der Waals surface area contributed by atoms with E-state index in [0.717, 1.165) is 13.0 Å². The molecular formula is C6H15N3O. The molecule has 0 aromatic carbocycles. The van der Waals surface area contributed by atoms with Crippen molar-refractivity contribution in [1.82, 2.24) is 10.6 Å². The van der Waals surface area contributed by atoms with E-state index in [2.05, 4.69) is 10.6 Å². The van der Waals surface area contributed by atoms with E-state index in [4.69, 9.17) is 5.73 Å². The van der Waals surface area contributed by atoms with Crippen LogP contribution in [0.1, 0.15) is 20.3 Å². The minimum atomic E-state index is -0.479. The first-order valence-corrected chi connectivity index (χ1v) is 3.50. The fraction of sp³-hybridized carbons (Fsp3) is 0.833. The molecule has 4 nitrogen and oxygen atoms in total. The Kier molecular flexibility index (Phi) is 4.66. The third-order valence-corrected chi connectivity index (χ3v) is 1.18. The number of urea groups is 1. The quantitative estimate of drug-likeness (QED) is 0.487. The first-order chi connectivity index (χ1) is 4.70.